The number of anilines is 1. The van der Waals surface area contributed by atoms with Crippen LogP contribution in [0, 0.1) is 12.7 Å². The Labute approximate surface area is 185 Å². The van der Waals surface area contributed by atoms with E-state index in [4.69, 9.17) is 16.6 Å². The number of halogens is 2. The third-order valence-corrected chi connectivity index (χ3v) is 5.73. The first kappa shape index (κ1) is 20.3. The summed E-state index contributed by atoms with van der Waals surface area (Å²) in [6.07, 6.45) is 5.15. The van der Waals surface area contributed by atoms with Gasteiger partial charge in [0.15, 0.2) is 11.1 Å². The van der Waals surface area contributed by atoms with Crippen molar-refractivity contribution in [1.29, 1.82) is 0 Å². The predicted octanol–water partition coefficient (Wildman–Crippen LogP) is 1.78. The molecule has 32 heavy (non-hydrogen) atoms. The third-order valence-electron chi connectivity index (χ3n) is 5.20. The molecule has 0 atom stereocenters. The molecule has 4 aromatic rings. The summed E-state index contributed by atoms with van der Waals surface area (Å²) < 4.78 is 15.9. The number of nitrogens with zero attached hydrogens (tertiary/aromatic N) is 4. The van der Waals surface area contributed by atoms with Crippen molar-refractivity contribution in [3.05, 3.63) is 73.2 Å². The SMILES string of the molecule is Cc1ccc(F)c(CNc2cc(=NC3CC3)n3nc/c(=C/c4[nH]c(=O)[nH]c4O)c3n2)c1Cl. The second-order valence-electron chi connectivity index (χ2n) is 7.69. The van der Waals surface area contributed by atoms with Crippen LogP contribution in [-0.2, 0) is 6.54 Å². The number of imidazole rings is 1. The van der Waals surface area contributed by atoms with E-state index in [9.17, 15) is 14.3 Å². The number of H-pyrrole nitrogens is 2. The molecular weight excluding hydrogens is 437 g/mol. The van der Waals surface area contributed by atoms with Crippen LogP contribution in [0.3, 0.4) is 0 Å². The van der Waals surface area contributed by atoms with Gasteiger partial charge < -0.3 is 15.4 Å². The van der Waals surface area contributed by atoms with Crippen molar-refractivity contribution in [2.75, 3.05) is 5.32 Å². The highest BCUT2D eigenvalue weighted by Gasteiger charge is 2.20. The molecule has 9 nitrogen and oxygen atoms in total. The van der Waals surface area contributed by atoms with Crippen molar-refractivity contribution in [3.8, 4) is 5.88 Å². The van der Waals surface area contributed by atoms with Gasteiger partial charge in [-0.1, -0.05) is 17.7 Å². The number of fused-ring (bicyclic) bond motifs is 1. The zero-order valence-electron chi connectivity index (χ0n) is 17.0. The van der Waals surface area contributed by atoms with Crippen LogP contribution >= 0.6 is 11.6 Å². The molecule has 0 bridgehead atoms. The quantitative estimate of drug-likeness (QED) is 0.365. The van der Waals surface area contributed by atoms with E-state index in [1.54, 1.807) is 28.9 Å². The Hall–Kier alpha value is -3.66. The fourth-order valence-electron chi connectivity index (χ4n) is 3.34. The van der Waals surface area contributed by atoms with Crippen LogP contribution in [-0.4, -0.2) is 35.7 Å². The van der Waals surface area contributed by atoms with E-state index in [2.05, 4.69) is 25.4 Å². The summed E-state index contributed by atoms with van der Waals surface area (Å²) in [5.74, 6) is -0.214. The van der Waals surface area contributed by atoms with Crippen LogP contribution in [0.1, 0.15) is 29.7 Å². The normalized spacial score (nSPS) is 15.1. The Morgan fingerprint density at radius 3 is 2.94 bits per heavy atom. The average Bonchev–Trinajstić information content (AvgIpc) is 3.39. The molecule has 1 aliphatic carbocycles. The van der Waals surface area contributed by atoms with Gasteiger partial charge in [0, 0.05) is 23.4 Å². The molecule has 0 spiro atoms. The average molecular weight is 456 g/mol. The minimum absolute atomic E-state index is 0.136. The molecule has 164 valence electrons. The molecule has 0 aliphatic heterocycles. The minimum Gasteiger partial charge on any atom is -0.493 e. The summed E-state index contributed by atoms with van der Waals surface area (Å²) in [4.78, 5) is 25.5. The van der Waals surface area contributed by atoms with Gasteiger partial charge in [-0.25, -0.2) is 14.2 Å². The summed E-state index contributed by atoms with van der Waals surface area (Å²) in [5, 5.41) is 18.3. The highest BCUT2D eigenvalue weighted by Crippen LogP contribution is 2.24. The molecule has 1 saturated carbocycles. The number of hydrogen-bond acceptors (Lipinski definition) is 6. The van der Waals surface area contributed by atoms with Gasteiger partial charge in [-0.05, 0) is 37.5 Å². The Bertz CT molecular complexity index is 1520. The zero-order valence-corrected chi connectivity index (χ0v) is 17.7. The van der Waals surface area contributed by atoms with Crippen LogP contribution < -0.4 is 21.7 Å². The number of hydrogen-bond donors (Lipinski definition) is 4. The summed E-state index contributed by atoms with van der Waals surface area (Å²) in [6.45, 7) is 1.95. The van der Waals surface area contributed by atoms with E-state index in [1.807, 2.05) is 6.92 Å². The van der Waals surface area contributed by atoms with Gasteiger partial charge in [0.2, 0.25) is 5.88 Å². The van der Waals surface area contributed by atoms with Crippen molar-refractivity contribution < 1.29 is 9.50 Å². The van der Waals surface area contributed by atoms with Crippen LogP contribution in [0.4, 0.5) is 10.2 Å². The summed E-state index contributed by atoms with van der Waals surface area (Å²) in [5.41, 5.74) is 1.88. The second kappa shape index (κ2) is 7.79. The first-order valence-electron chi connectivity index (χ1n) is 10.0. The summed E-state index contributed by atoms with van der Waals surface area (Å²) in [6, 6.07) is 5.00. The highest BCUT2D eigenvalue weighted by atomic mass is 35.5. The summed E-state index contributed by atoms with van der Waals surface area (Å²) in [7, 11) is 0. The van der Waals surface area contributed by atoms with Crippen molar-refractivity contribution in [3.63, 3.8) is 0 Å². The highest BCUT2D eigenvalue weighted by molar-refractivity contribution is 6.32. The lowest BCUT2D eigenvalue weighted by Crippen LogP contribution is -2.20. The van der Waals surface area contributed by atoms with Gasteiger partial charge in [-0.2, -0.15) is 9.61 Å². The molecule has 1 fully saturated rings. The van der Waals surface area contributed by atoms with E-state index >= 15 is 0 Å². The molecule has 3 aromatic heterocycles. The molecule has 3 heterocycles. The zero-order chi connectivity index (χ0) is 22.4. The minimum atomic E-state index is -0.526. The van der Waals surface area contributed by atoms with Crippen LogP contribution in [0.25, 0.3) is 11.7 Å². The molecule has 5 rings (SSSR count). The van der Waals surface area contributed by atoms with Gasteiger partial charge in [-0.15, -0.1) is 0 Å². The standard InChI is InChI=1S/C21H19ClFN7O2/c1-10-2-5-14(23)13(18(10)22)9-24-16-7-17(26-12-3-4-12)30-19(28-16)11(8-25-30)6-15-20(31)29-21(32)27-15/h2,5-8,12,24,31H,3-4,9H2,1H3,(H2,27,29,32)/b11-6-,26-17?. The van der Waals surface area contributed by atoms with Crippen LogP contribution in [0.5, 0.6) is 5.88 Å². The number of aryl methyl sites for hydroxylation is 1. The Balaban J connectivity index is 1.60. The fourth-order valence-corrected chi connectivity index (χ4v) is 3.56. The van der Waals surface area contributed by atoms with E-state index in [-0.39, 0.29) is 24.2 Å². The maximum Gasteiger partial charge on any atom is 0.326 e. The number of aromatic hydroxyl groups is 1. The van der Waals surface area contributed by atoms with Gasteiger partial charge >= 0.3 is 5.69 Å². The van der Waals surface area contributed by atoms with E-state index in [0.29, 0.717) is 32.8 Å². The number of nitrogens with one attached hydrogen (secondary N) is 3. The molecular formula is C21H19ClFN7O2. The van der Waals surface area contributed by atoms with Crippen LogP contribution in [0.2, 0.25) is 5.02 Å². The number of rotatable bonds is 5. The predicted molar refractivity (Wildman–Crippen MR) is 117 cm³/mol. The molecule has 11 heteroatoms. The van der Waals surface area contributed by atoms with E-state index in [0.717, 1.165) is 18.4 Å². The monoisotopic (exact) mass is 455 g/mol. The van der Waals surface area contributed by atoms with Gasteiger partial charge in [-0.3, -0.25) is 9.98 Å². The van der Waals surface area contributed by atoms with Gasteiger partial charge in [0.05, 0.1) is 17.3 Å². The molecule has 1 aliphatic rings. The first-order chi connectivity index (χ1) is 15.4. The lowest BCUT2D eigenvalue weighted by molar-refractivity contribution is 0.454. The van der Waals surface area contributed by atoms with E-state index < -0.39 is 11.5 Å². The number of aromatic amines is 2. The molecule has 0 saturated heterocycles. The number of aromatic nitrogens is 5. The van der Waals surface area contributed by atoms with Crippen LogP contribution in [0.15, 0.2) is 34.2 Å². The van der Waals surface area contributed by atoms with E-state index in [1.165, 1.54) is 6.07 Å². The first-order valence-corrected chi connectivity index (χ1v) is 10.4. The van der Waals surface area contributed by atoms with Crippen molar-refractivity contribution in [2.24, 2.45) is 4.99 Å². The van der Waals surface area contributed by atoms with Crippen molar-refractivity contribution in [2.45, 2.75) is 32.4 Å². The molecule has 1 aromatic carbocycles. The van der Waals surface area contributed by atoms with Crippen molar-refractivity contribution >= 4 is 29.1 Å². The molecule has 0 radical (unpaired) electrons. The van der Waals surface area contributed by atoms with Gasteiger partial charge in [0.1, 0.15) is 17.3 Å². The van der Waals surface area contributed by atoms with Crippen molar-refractivity contribution in [1.82, 2.24) is 24.6 Å². The Morgan fingerprint density at radius 2 is 2.22 bits per heavy atom. The molecule has 0 amide bonds. The topological polar surface area (TPSA) is 123 Å². The largest absolute Gasteiger partial charge is 0.493 e. The summed E-state index contributed by atoms with van der Waals surface area (Å²) >= 11 is 6.29. The maximum atomic E-state index is 14.3. The van der Waals surface area contributed by atoms with Gasteiger partial charge in [0.25, 0.3) is 0 Å². The maximum absolute atomic E-state index is 14.3. The molecule has 4 N–H and O–H groups in total. The Morgan fingerprint density at radius 1 is 1.41 bits per heavy atom. The second-order valence-corrected chi connectivity index (χ2v) is 8.07. The molecule has 0 unspecified atom stereocenters. The third kappa shape index (κ3) is 3.84. The lowest BCUT2D eigenvalue weighted by Gasteiger charge is -2.10. The number of benzene rings is 1. The Kier molecular flexibility index (Phi) is 4.93. The fraction of sp³-hybridized carbons (Fsp3) is 0.238. The lowest BCUT2D eigenvalue weighted by atomic mass is 10.1. The smallest absolute Gasteiger partial charge is 0.326 e.